The summed E-state index contributed by atoms with van der Waals surface area (Å²) in [5.74, 6) is 2.15. The maximum Gasteiger partial charge on any atom is 0.229 e. The molecule has 0 aliphatic heterocycles. The van der Waals surface area contributed by atoms with Gasteiger partial charge in [0.1, 0.15) is 5.82 Å². The van der Waals surface area contributed by atoms with Gasteiger partial charge in [0.05, 0.1) is 11.1 Å². The maximum absolute atomic E-state index is 5.38. The van der Waals surface area contributed by atoms with Gasteiger partial charge in [-0.3, -0.25) is 0 Å². The molecule has 0 saturated carbocycles. The average Bonchev–Trinajstić information content (AvgIpc) is 3.08. The van der Waals surface area contributed by atoms with Gasteiger partial charge in [-0.2, -0.15) is 4.98 Å². The van der Waals surface area contributed by atoms with Crippen LogP contribution in [0.15, 0.2) is 28.8 Å². The summed E-state index contributed by atoms with van der Waals surface area (Å²) in [4.78, 5) is 9.30. The number of hydrogen-bond donors (Lipinski definition) is 1. The second-order valence-electron chi connectivity index (χ2n) is 6.46. The molecule has 0 atom stereocenters. The Labute approximate surface area is 147 Å². The van der Waals surface area contributed by atoms with Gasteiger partial charge in [-0.1, -0.05) is 30.6 Å². The van der Waals surface area contributed by atoms with Crippen LogP contribution in [0.4, 0.5) is 5.82 Å². The van der Waals surface area contributed by atoms with E-state index in [1.54, 1.807) is 7.11 Å². The van der Waals surface area contributed by atoms with Gasteiger partial charge in [0.25, 0.3) is 0 Å². The third kappa shape index (κ3) is 3.96. The van der Waals surface area contributed by atoms with Crippen LogP contribution < -0.4 is 5.32 Å². The van der Waals surface area contributed by atoms with Crippen molar-refractivity contribution in [3.05, 3.63) is 35.7 Å². The van der Waals surface area contributed by atoms with Crippen LogP contribution in [-0.4, -0.2) is 35.4 Å². The number of nitrogens with one attached hydrogen (secondary N) is 1. The van der Waals surface area contributed by atoms with E-state index in [9.17, 15) is 0 Å². The number of aromatic nitrogens is 3. The molecule has 2 aromatic heterocycles. The summed E-state index contributed by atoms with van der Waals surface area (Å²) in [5, 5.41) is 8.59. The number of rotatable bonds is 7. The molecule has 3 rings (SSSR count). The minimum absolute atomic E-state index is 0.190. The van der Waals surface area contributed by atoms with Crippen molar-refractivity contribution in [2.75, 3.05) is 25.6 Å². The Morgan fingerprint density at radius 2 is 2.04 bits per heavy atom. The van der Waals surface area contributed by atoms with E-state index in [-0.39, 0.29) is 5.92 Å². The predicted molar refractivity (Wildman–Crippen MR) is 98.8 cm³/mol. The van der Waals surface area contributed by atoms with Crippen LogP contribution in [-0.2, 0) is 4.74 Å². The fourth-order valence-electron chi connectivity index (χ4n) is 2.60. The zero-order valence-electron chi connectivity index (χ0n) is 15.2. The van der Waals surface area contributed by atoms with E-state index >= 15 is 0 Å². The highest BCUT2D eigenvalue weighted by Crippen LogP contribution is 2.29. The van der Waals surface area contributed by atoms with Gasteiger partial charge in [0.2, 0.25) is 11.7 Å². The van der Waals surface area contributed by atoms with Crippen LogP contribution in [0.1, 0.15) is 37.6 Å². The van der Waals surface area contributed by atoms with E-state index in [0.29, 0.717) is 18.3 Å². The van der Waals surface area contributed by atoms with E-state index in [0.717, 1.165) is 35.2 Å². The molecule has 0 saturated heterocycles. The Morgan fingerprint density at radius 3 is 2.76 bits per heavy atom. The molecule has 0 radical (unpaired) electrons. The Balaban J connectivity index is 2.01. The normalized spacial score (nSPS) is 11.4. The molecule has 0 bridgehead atoms. The minimum Gasteiger partial charge on any atom is -0.385 e. The number of pyridine rings is 1. The maximum atomic E-state index is 5.38. The first-order valence-corrected chi connectivity index (χ1v) is 8.56. The molecule has 1 aromatic carbocycles. The van der Waals surface area contributed by atoms with Gasteiger partial charge in [0.15, 0.2) is 0 Å². The van der Waals surface area contributed by atoms with Crippen LogP contribution in [0.2, 0.25) is 0 Å². The summed E-state index contributed by atoms with van der Waals surface area (Å²) >= 11 is 0. The topological polar surface area (TPSA) is 73.1 Å². The lowest BCUT2D eigenvalue weighted by atomic mass is 10.1. The lowest BCUT2D eigenvalue weighted by Crippen LogP contribution is -2.07. The molecule has 0 amide bonds. The zero-order valence-corrected chi connectivity index (χ0v) is 15.2. The second-order valence-corrected chi connectivity index (χ2v) is 6.46. The molecule has 6 heteroatoms. The van der Waals surface area contributed by atoms with Gasteiger partial charge in [0, 0.05) is 31.6 Å². The Kier molecular flexibility index (Phi) is 5.28. The zero-order chi connectivity index (χ0) is 17.8. The smallest absolute Gasteiger partial charge is 0.229 e. The van der Waals surface area contributed by atoms with Crippen LogP contribution in [0.25, 0.3) is 22.3 Å². The largest absolute Gasteiger partial charge is 0.385 e. The number of fused-ring (bicyclic) bond motifs is 1. The number of ether oxygens (including phenoxy) is 1. The molecule has 0 aliphatic carbocycles. The van der Waals surface area contributed by atoms with Crippen LogP contribution in [0.3, 0.4) is 0 Å². The minimum atomic E-state index is 0.190. The Bertz CT molecular complexity index is 858. The monoisotopic (exact) mass is 340 g/mol. The second kappa shape index (κ2) is 7.61. The SMILES string of the molecule is COCCCNc1nc2ccc(C)cc2cc1-c1noc(C(C)C)n1. The van der Waals surface area contributed by atoms with Crippen molar-refractivity contribution in [3.63, 3.8) is 0 Å². The van der Waals surface area contributed by atoms with E-state index in [1.165, 1.54) is 5.56 Å². The number of nitrogens with zero attached hydrogens (tertiary/aromatic N) is 3. The summed E-state index contributed by atoms with van der Waals surface area (Å²) < 4.78 is 10.5. The molecule has 0 fully saturated rings. The van der Waals surface area contributed by atoms with Crippen molar-refractivity contribution in [2.24, 2.45) is 0 Å². The lowest BCUT2D eigenvalue weighted by molar-refractivity contribution is 0.198. The van der Waals surface area contributed by atoms with Gasteiger partial charge in [-0.25, -0.2) is 4.98 Å². The predicted octanol–water partition coefficient (Wildman–Crippen LogP) is 4.17. The molecule has 1 N–H and O–H groups in total. The number of hydrogen-bond acceptors (Lipinski definition) is 6. The first kappa shape index (κ1) is 17.4. The van der Waals surface area contributed by atoms with Crippen molar-refractivity contribution in [1.82, 2.24) is 15.1 Å². The van der Waals surface area contributed by atoms with Gasteiger partial charge in [-0.05, 0) is 31.5 Å². The number of anilines is 1. The highest BCUT2D eigenvalue weighted by atomic mass is 16.5. The third-order valence-electron chi connectivity index (χ3n) is 3.96. The van der Waals surface area contributed by atoms with Crippen molar-refractivity contribution < 1.29 is 9.26 Å². The summed E-state index contributed by atoms with van der Waals surface area (Å²) in [6.45, 7) is 7.60. The third-order valence-corrected chi connectivity index (χ3v) is 3.96. The summed E-state index contributed by atoms with van der Waals surface area (Å²) in [5.41, 5.74) is 2.99. The van der Waals surface area contributed by atoms with Crippen LogP contribution in [0.5, 0.6) is 0 Å². The molecule has 0 unspecified atom stereocenters. The molecule has 132 valence electrons. The Morgan fingerprint density at radius 1 is 1.20 bits per heavy atom. The first-order chi connectivity index (χ1) is 12.1. The van der Waals surface area contributed by atoms with Crippen LogP contribution >= 0.6 is 0 Å². The van der Waals surface area contributed by atoms with E-state index in [4.69, 9.17) is 14.2 Å². The Hall–Kier alpha value is -2.47. The molecule has 25 heavy (non-hydrogen) atoms. The summed E-state index contributed by atoms with van der Waals surface area (Å²) in [7, 11) is 1.70. The fourth-order valence-corrected chi connectivity index (χ4v) is 2.60. The van der Waals surface area contributed by atoms with Gasteiger partial charge < -0.3 is 14.6 Å². The molecular formula is C19H24N4O2. The van der Waals surface area contributed by atoms with Crippen LogP contribution in [0, 0.1) is 6.92 Å². The highest BCUT2D eigenvalue weighted by molar-refractivity contribution is 5.88. The summed E-state index contributed by atoms with van der Waals surface area (Å²) in [6.07, 6.45) is 0.896. The van der Waals surface area contributed by atoms with Crippen molar-refractivity contribution in [3.8, 4) is 11.4 Å². The molecule has 6 nitrogen and oxygen atoms in total. The number of benzene rings is 1. The highest BCUT2D eigenvalue weighted by Gasteiger charge is 2.16. The first-order valence-electron chi connectivity index (χ1n) is 8.56. The van der Waals surface area contributed by atoms with E-state index in [1.807, 2.05) is 19.9 Å². The standard InChI is InChI=1S/C19H24N4O2/c1-12(2)19-22-18(23-25-19)15-11-14-10-13(3)6-7-16(14)21-17(15)20-8-5-9-24-4/h6-7,10-12H,5,8-9H2,1-4H3,(H,20,21). The van der Waals surface area contributed by atoms with Gasteiger partial charge >= 0.3 is 0 Å². The molecule has 3 aromatic rings. The van der Waals surface area contributed by atoms with Crippen molar-refractivity contribution in [2.45, 2.75) is 33.1 Å². The fraction of sp³-hybridized carbons (Fsp3) is 0.421. The lowest BCUT2D eigenvalue weighted by Gasteiger charge is -2.11. The van der Waals surface area contributed by atoms with Crippen molar-refractivity contribution in [1.29, 1.82) is 0 Å². The molecular weight excluding hydrogens is 316 g/mol. The average molecular weight is 340 g/mol. The quantitative estimate of drug-likeness (QED) is 0.651. The number of methoxy groups -OCH3 is 1. The van der Waals surface area contributed by atoms with Gasteiger partial charge in [-0.15, -0.1) is 0 Å². The summed E-state index contributed by atoms with van der Waals surface area (Å²) in [6, 6.07) is 8.28. The molecule has 0 aliphatic rings. The van der Waals surface area contributed by atoms with E-state index in [2.05, 4.69) is 40.6 Å². The molecule has 0 spiro atoms. The van der Waals surface area contributed by atoms with Crippen molar-refractivity contribution >= 4 is 16.7 Å². The number of aryl methyl sites for hydroxylation is 1. The van der Waals surface area contributed by atoms with E-state index < -0.39 is 0 Å². The molecule has 2 heterocycles.